The quantitative estimate of drug-likeness (QED) is 0.794. The molecule has 1 rings (SSSR count). The van der Waals surface area contributed by atoms with E-state index in [0.717, 1.165) is 11.8 Å². The Morgan fingerprint density at radius 2 is 1.78 bits per heavy atom. The molecule has 1 amide bonds. The lowest BCUT2D eigenvalue weighted by molar-refractivity contribution is -0.118. The summed E-state index contributed by atoms with van der Waals surface area (Å²) in [5.41, 5.74) is 0. The molecule has 0 spiro atoms. The molecule has 1 atom stereocenters. The van der Waals surface area contributed by atoms with Gasteiger partial charge in [0, 0.05) is 14.0 Å². The summed E-state index contributed by atoms with van der Waals surface area (Å²) in [4.78, 5) is 9.70. The van der Waals surface area contributed by atoms with Crippen molar-refractivity contribution in [2.24, 2.45) is 11.8 Å². The highest BCUT2D eigenvalue weighted by molar-refractivity contribution is 5.72. The Balaban J connectivity index is 0.000000494. The molecule has 1 aliphatic carbocycles. The minimum absolute atomic E-state index is 0.00463. The van der Waals surface area contributed by atoms with Crippen LogP contribution in [0.1, 0.15) is 58.8 Å². The molecule has 0 heterocycles. The third-order valence-electron chi connectivity index (χ3n) is 3.81. The van der Waals surface area contributed by atoms with Gasteiger partial charge in [0.1, 0.15) is 0 Å². The van der Waals surface area contributed by atoms with Crippen molar-refractivity contribution in [3.63, 3.8) is 0 Å². The molecule has 0 unspecified atom stereocenters. The standard InChI is InChI=1S/C12H25N.C3H7NO/c1-3-11(10-13-2)9-12-7-5-4-6-8-12;1-3(5)4-2/h11-13H,3-10H2,1-2H3;1-2H3,(H,4,5)/t11-;/m0./s1. The van der Waals surface area contributed by atoms with E-state index in [1.807, 2.05) is 0 Å². The van der Waals surface area contributed by atoms with Crippen molar-refractivity contribution >= 4 is 5.91 Å². The monoisotopic (exact) mass is 256 g/mol. The lowest BCUT2D eigenvalue weighted by atomic mass is 9.82. The Labute approximate surface area is 113 Å². The Bertz CT molecular complexity index is 198. The zero-order chi connectivity index (χ0) is 13.8. The van der Waals surface area contributed by atoms with E-state index in [0.29, 0.717) is 0 Å². The maximum atomic E-state index is 9.70. The molecule has 3 heteroatoms. The van der Waals surface area contributed by atoms with Crippen LogP contribution in [-0.4, -0.2) is 26.5 Å². The molecule has 1 fully saturated rings. The molecule has 0 radical (unpaired) electrons. The molecule has 3 nitrogen and oxygen atoms in total. The van der Waals surface area contributed by atoms with Crippen LogP contribution in [0.3, 0.4) is 0 Å². The predicted molar refractivity (Wildman–Crippen MR) is 78.6 cm³/mol. The molecule has 0 aromatic carbocycles. The van der Waals surface area contributed by atoms with E-state index >= 15 is 0 Å². The molecule has 0 aromatic rings. The summed E-state index contributed by atoms with van der Waals surface area (Å²) in [5, 5.41) is 5.70. The van der Waals surface area contributed by atoms with Crippen molar-refractivity contribution in [3.8, 4) is 0 Å². The van der Waals surface area contributed by atoms with Crippen molar-refractivity contribution in [3.05, 3.63) is 0 Å². The second-order valence-electron chi connectivity index (χ2n) is 5.38. The van der Waals surface area contributed by atoms with Gasteiger partial charge in [-0.2, -0.15) is 0 Å². The van der Waals surface area contributed by atoms with E-state index < -0.39 is 0 Å². The zero-order valence-electron chi connectivity index (χ0n) is 12.7. The predicted octanol–water partition coefficient (Wildman–Crippen LogP) is 2.95. The van der Waals surface area contributed by atoms with Crippen molar-refractivity contribution in [2.75, 3.05) is 20.6 Å². The van der Waals surface area contributed by atoms with Gasteiger partial charge in [0.15, 0.2) is 0 Å². The van der Waals surface area contributed by atoms with E-state index in [1.165, 1.54) is 58.4 Å². The van der Waals surface area contributed by atoms with Crippen LogP contribution >= 0.6 is 0 Å². The first-order valence-electron chi connectivity index (χ1n) is 7.46. The first kappa shape index (κ1) is 17.4. The van der Waals surface area contributed by atoms with Crippen molar-refractivity contribution < 1.29 is 4.79 Å². The third-order valence-corrected chi connectivity index (χ3v) is 3.81. The number of carbonyl (C=O) groups excluding carboxylic acids is 1. The summed E-state index contributed by atoms with van der Waals surface area (Å²) in [7, 11) is 3.67. The summed E-state index contributed by atoms with van der Waals surface area (Å²) >= 11 is 0. The van der Waals surface area contributed by atoms with E-state index in [1.54, 1.807) is 7.05 Å². The Morgan fingerprint density at radius 3 is 2.17 bits per heavy atom. The SMILES string of the molecule is CC[C@H](CNC)CC1CCCCC1.CNC(C)=O. The summed E-state index contributed by atoms with van der Waals surface area (Å²) in [6.07, 6.45) is 10.3. The molecule has 2 N–H and O–H groups in total. The normalized spacial score (nSPS) is 17.6. The van der Waals surface area contributed by atoms with Crippen LogP contribution in [0.4, 0.5) is 0 Å². The first-order chi connectivity index (χ1) is 8.63. The highest BCUT2D eigenvalue weighted by atomic mass is 16.1. The number of rotatable bonds is 5. The van der Waals surface area contributed by atoms with E-state index in [4.69, 9.17) is 0 Å². The van der Waals surface area contributed by atoms with Gasteiger partial charge in [-0.05, 0) is 31.8 Å². The summed E-state index contributed by atoms with van der Waals surface area (Å²) in [6, 6.07) is 0. The van der Waals surface area contributed by atoms with Crippen molar-refractivity contribution in [1.29, 1.82) is 0 Å². The smallest absolute Gasteiger partial charge is 0.216 e. The fourth-order valence-corrected chi connectivity index (χ4v) is 2.58. The summed E-state index contributed by atoms with van der Waals surface area (Å²) in [6.45, 7) is 5.01. The molecule has 18 heavy (non-hydrogen) atoms. The van der Waals surface area contributed by atoms with Gasteiger partial charge in [-0.3, -0.25) is 4.79 Å². The molecule has 108 valence electrons. The topological polar surface area (TPSA) is 41.1 Å². The number of carbonyl (C=O) groups is 1. The number of hydrogen-bond donors (Lipinski definition) is 2. The first-order valence-corrected chi connectivity index (χ1v) is 7.46. The van der Waals surface area contributed by atoms with Crippen LogP contribution in [0.2, 0.25) is 0 Å². The highest BCUT2D eigenvalue weighted by Crippen LogP contribution is 2.29. The van der Waals surface area contributed by atoms with Crippen LogP contribution in [0.5, 0.6) is 0 Å². The van der Waals surface area contributed by atoms with Gasteiger partial charge in [0.05, 0.1) is 0 Å². The summed E-state index contributed by atoms with van der Waals surface area (Å²) in [5.74, 6) is 1.98. The van der Waals surface area contributed by atoms with Crippen molar-refractivity contribution in [2.45, 2.75) is 58.8 Å². The van der Waals surface area contributed by atoms with Crippen molar-refractivity contribution in [1.82, 2.24) is 10.6 Å². The molecule has 0 saturated heterocycles. The lowest BCUT2D eigenvalue weighted by Crippen LogP contribution is -2.21. The van der Waals surface area contributed by atoms with Crippen LogP contribution in [0.15, 0.2) is 0 Å². The van der Waals surface area contributed by atoms with Gasteiger partial charge in [-0.15, -0.1) is 0 Å². The second kappa shape index (κ2) is 11.5. The fourth-order valence-electron chi connectivity index (χ4n) is 2.58. The number of nitrogens with one attached hydrogen (secondary N) is 2. The minimum Gasteiger partial charge on any atom is -0.359 e. The molecular weight excluding hydrogens is 224 g/mol. The van der Waals surface area contributed by atoms with Gasteiger partial charge < -0.3 is 10.6 Å². The molecule has 0 bridgehead atoms. The fraction of sp³-hybridized carbons (Fsp3) is 0.933. The van der Waals surface area contributed by atoms with Crippen LogP contribution < -0.4 is 10.6 Å². The Kier molecular flexibility index (Phi) is 11.2. The summed E-state index contributed by atoms with van der Waals surface area (Å²) < 4.78 is 0. The minimum atomic E-state index is 0.00463. The lowest BCUT2D eigenvalue weighted by Gasteiger charge is -2.25. The van der Waals surface area contributed by atoms with Gasteiger partial charge >= 0.3 is 0 Å². The van der Waals surface area contributed by atoms with E-state index in [9.17, 15) is 4.79 Å². The largest absolute Gasteiger partial charge is 0.359 e. The molecule has 1 saturated carbocycles. The molecule has 1 aliphatic rings. The van der Waals surface area contributed by atoms with Crippen LogP contribution in [-0.2, 0) is 4.79 Å². The third kappa shape index (κ3) is 9.46. The van der Waals surface area contributed by atoms with Gasteiger partial charge in [-0.25, -0.2) is 0 Å². The number of hydrogen-bond acceptors (Lipinski definition) is 2. The van der Waals surface area contributed by atoms with Gasteiger partial charge in [-0.1, -0.05) is 45.4 Å². The zero-order valence-corrected chi connectivity index (χ0v) is 12.7. The van der Waals surface area contributed by atoms with Gasteiger partial charge in [0.2, 0.25) is 5.91 Å². The Morgan fingerprint density at radius 1 is 1.22 bits per heavy atom. The van der Waals surface area contributed by atoms with Crippen LogP contribution in [0, 0.1) is 11.8 Å². The van der Waals surface area contributed by atoms with Gasteiger partial charge in [0.25, 0.3) is 0 Å². The van der Waals surface area contributed by atoms with Crippen LogP contribution in [0.25, 0.3) is 0 Å². The maximum absolute atomic E-state index is 9.70. The average molecular weight is 256 g/mol. The Hall–Kier alpha value is -0.570. The second-order valence-corrected chi connectivity index (χ2v) is 5.38. The average Bonchev–Trinajstić information content (AvgIpc) is 2.40. The maximum Gasteiger partial charge on any atom is 0.216 e. The molecule has 0 aromatic heterocycles. The highest BCUT2D eigenvalue weighted by Gasteiger charge is 2.17. The molecule has 0 aliphatic heterocycles. The number of amides is 1. The van der Waals surface area contributed by atoms with E-state index in [2.05, 4.69) is 24.6 Å². The molecular formula is C15H32N2O. The van der Waals surface area contributed by atoms with E-state index in [-0.39, 0.29) is 5.91 Å².